The van der Waals surface area contributed by atoms with Crippen LogP contribution in [0.2, 0.25) is 10.0 Å². The van der Waals surface area contributed by atoms with E-state index in [-0.39, 0.29) is 29.5 Å². The topological polar surface area (TPSA) is 88.9 Å². The lowest BCUT2D eigenvalue weighted by molar-refractivity contribution is -0.113. The minimum absolute atomic E-state index is 0.0497. The van der Waals surface area contributed by atoms with E-state index in [2.05, 4.69) is 27.4 Å². The summed E-state index contributed by atoms with van der Waals surface area (Å²) in [6, 6.07) is 13.5. The number of amides is 2. The molecule has 7 nitrogen and oxygen atoms in total. The molecular weight excluding hydrogens is 493 g/mol. The van der Waals surface area contributed by atoms with Crippen molar-refractivity contribution in [1.82, 2.24) is 20.1 Å². The number of thioether (sulfide) groups is 1. The fourth-order valence-electron chi connectivity index (χ4n) is 3.19. The Hall–Kier alpha value is -2.81. The minimum Gasteiger partial charge on any atom is -0.342 e. The van der Waals surface area contributed by atoms with Crippen LogP contribution >= 0.6 is 35.0 Å². The van der Waals surface area contributed by atoms with E-state index in [1.807, 2.05) is 36.6 Å². The Morgan fingerprint density at radius 1 is 1.15 bits per heavy atom. The first-order chi connectivity index (χ1) is 16.3. The van der Waals surface area contributed by atoms with Crippen molar-refractivity contribution in [3.05, 3.63) is 82.6 Å². The molecule has 3 aromatic rings. The number of aromatic nitrogens is 3. The molecule has 0 saturated heterocycles. The van der Waals surface area contributed by atoms with Gasteiger partial charge in [0.05, 0.1) is 22.5 Å². The summed E-state index contributed by atoms with van der Waals surface area (Å²) in [5.74, 6) is 0.302. The van der Waals surface area contributed by atoms with Crippen LogP contribution in [0.1, 0.15) is 36.1 Å². The van der Waals surface area contributed by atoms with Crippen molar-refractivity contribution < 1.29 is 9.59 Å². The Balaban J connectivity index is 1.74. The van der Waals surface area contributed by atoms with E-state index in [1.54, 1.807) is 36.4 Å². The Labute approximate surface area is 212 Å². The van der Waals surface area contributed by atoms with Gasteiger partial charge in [0.15, 0.2) is 11.0 Å². The molecule has 0 fully saturated rings. The second-order valence-corrected chi connectivity index (χ2v) is 9.55. The zero-order valence-electron chi connectivity index (χ0n) is 18.8. The number of rotatable bonds is 10. The van der Waals surface area contributed by atoms with Crippen LogP contribution in [-0.4, -0.2) is 32.3 Å². The molecule has 178 valence electrons. The number of nitrogens with one attached hydrogen (secondary N) is 2. The van der Waals surface area contributed by atoms with Gasteiger partial charge < -0.3 is 15.2 Å². The first kappa shape index (κ1) is 25.8. The maximum absolute atomic E-state index is 12.8. The standard InChI is InChI=1S/C24H25Cl2N5O2S/c1-4-12-31-22(21(15(2)3)28-23(33)16-8-6-5-7-9-16)29-30-24(31)34-14-20(32)27-19-11-10-17(25)13-18(19)26/h4-11,13,15,21H,1,12,14H2,2-3H3,(H,27,32)(H,28,33)/t21-/m0/s1. The summed E-state index contributed by atoms with van der Waals surface area (Å²) in [5, 5.41) is 15.8. The Kier molecular flexibility index (Phi) is 9.15. The smallest absolute Gasteiger partial charge is 0.251 e. The second-order valence-electron chi connectivity index (χ2n) is 7.76. The van der Waals surface area contributed by atoms with Gasteiger partial charge in [0.1, 0.15) is 0 Å². The summed E-state index contributed by atoms with van der Waals surface area (Å²) in [5.41, 5.74) is 1.04. The van der Waals surface area contributed by atoms with E-state index in [0.29, 0.717) is 38.8 Å². The number of anilines is 1. The Morgan fingerprint density at radius 3 is 2.53 bits per heavy atom. The van der Waals surface area contributed by atoms with Crippen molar-refractivity contribution in [2.24, 2.45) is 5.92 Å². The van der Waals surface area contributed by atoms with E-state index in [4.69, 9.17) is 23.2 Å². The lowest BCUT2D eigenvalue weighted by atomic mass is 10.0. The predicted molar refractivity (Wildman–Crippen MR) is 138 cm³/mol. The zero-order chi connectivity index (χ0) is 24.7. The molecule has 0 radical (unpaired) electrons. The van der Waals surface area contributed by atoms with Gasteiger partial charge >= 0.3 is 0 Å². The van der Waals surface area contributed by atoms with Crippen LogP contribution in [0, 0.1) is 5.92 Å². The van der Waals surface area contributed by atoms with Crippen LogP contribution in [0.25, 0.3) is 0 Å². The number of hydrogen-bond acceptors (Lipinski definition) is 5. The molecule has 0 unspecified atom stereocenters. The van der Waals surface area contributed by atoms with E-state index >= 15 is 0 Å². The molecule has 0 aliphatic carbocycles. The third-order valence-corrected chi connectivity index (χ3v) is 6.38. The zero-order valence-corrected chi connectivity index (χ0v) is 21.1. The van der Waals surface area contributed by atoms with Crippen molar-refractivity contribution >= 4 is 52.5 Å². The van der Waals surface area contributed by atoms with E-state index in [1.165, 1.54) is 11.8 Å². The highest BCUT2D eigenvalue weighted by atomic mass is 35.5. The summed E-state index contributed by atoms with van der Waals surface area (Å²) in [4.78, 5) is 25.3. The molecule has 0 spiro atoms. The van der Waals surface area contributed by atoms with Gasteiger partial charge in [0, 0.05) is 17.1 Å². The van der Waals surface area contributed by atoms with Crippen LogP contribution < -0.4 is 10.6 Å². The maximum atomic E-state index is 12.8. The first-order valence-electron chi connectivity index (χ1n) is 10.6. The molecule has 3 rings (SSSR count). The number of halogens is 2. The number of benzene rings is 2. The van der Waals surface area contributed by atoms with Crippen LogP contribution in [0.3, 0.4) is 0 Å². The Bertz CT molecular complexity index is 1170. The quantitative estimate of drug-likeness (QED) is 0.268. The molecular formula is C24H25Cl2N5O2S. The molecule has 1 aromatic heterocycles. The lowest BCUT2D eigenvalue weighted by Gasteiger charge is -2.22. The molecule has 2 N–H and O–H groups in total. The maximum Gasteiger partial charge on any atom is 0.251 e. The largest absolute Gasteiger partial charge is 0.342 e. The second kappa shape index (κ2) is 12.1. The Morgan fingerprint density at radius 2 is 1.88 bits per heavy atom. The SMILES string of the molecule is C=CCn1c(SCC(=O)Nc2ccc(Cl)cc2Cl)nnc1[C@@H](NC(=O)c1ccccc1)C(C)C. The van der Waals surface area contributed by atoms with Gasteiger partial charge in [-0.05, 0) is 36.2 Å². The molecule has 34 heavy (non-hydrogen) atoms. The summed E-state index contributed by atoms with van der Waals surface area (Å²) in [7, 11) is 0. The van der Waals surface area contributed by atoms with Gasteiger partial charge in [0.2, 0.25) is 5.91 Å². The average molecular weight is 518 g/mol. The van der Waals surface area contributed by atoms with Crippen LogP contribution in [0.5, 0.6) is 0 Å². The molecule has 0 saturated carbocycles. The third-order valence-electron chi connectivity index (χ3n) is 4.86. The van der Waals surface area contributed by atoms with Crippen LogP contribution in [-0.2, 0) is 11.3 Å². The third kappa shape index (κ3) is 6.62. The van der Waals surface area contributed by atoms with Gasteiger partial charge in [-0.1, -0.05) is 73.1 Å². The molecule has 1 heterocycles. The summed E-state index contributed by atoms with van der Waals surface area (Å²) in [6.45, 7) is 8.25. The molecule has 0 bridgehead atoms. The van der Waals surface area contributed by atoms with E-state index in [9.17, 15) is 9.59 Å². The lowest BCUT2D eigenvalue weighted by Crippen LogP contribution is -2.33. The van der Waals surface area contributed by atoms with Crippen LogP contribution in [0.15, 0.2) is 66.3 Å². The summed E-state index contributed by atoms with van der Waals surface area (Å²) in [6.07, 6.45) is 1.72. The molecule has 0 aliphatic rings. The number of carbonyl (C=O) groups excluding carboxylic acids is 2. The summed E-state index contributed by atoms with van der Waals surface area (Å²) < 4.78 is 1.86. The van der Waals surface area contributed by atoms with Gasteiger partial charge in [-0.3, -0.25) is 9.59 Å². The van der Waals surface area contributed by atoms with Gasteiger partial charge in [0.25, 0.3) is 5.91 Å². The summed E-state index contributed by atoms with van der Waals surface area (Å²) >= 11 is 13.3. The van der Waals surface area contributed by atoms with Crippen molar-refractivity contribution in [2.45, 2.75) is 31.6 Å². The van der Waals surface area contributed by atoms with Gasteiger partial charge in [-0.15, -0.1) is 16.8 Å². The van der Waals surface area contributed by atoms with E-state index in [0.717, 1.165) is 0 Å². The first-order valence-corrected chi connectivity index (χ1v) is 12.3. The van der Waals surface area contributed by atoms with Gasteiger partial charge in [-0.2, -0.15) is 0 Å². The predicted octanol–water partition coefficient (Wildman–Crippen LogP) is 5.63. The van der Waals surface area contributed by atoms with Crippen molar-refractivity contribution in [3.8, 4) is 0 Å². The van der Waals surface area contributed by atoms with E-state index < -0.39 is 0 Å². The molecule has 10 heteroatoms. The fraction of sp³-hybridized carbons (Fsp3) is 0.250. The van der Waals surface area contributed by atoms with Crippen molar-refractivity contribution in [2.75, 3.05) is 11.1 Å². The highest BCUT2D eigenvalue weighted by molar-refractivity contribution is 7.99. The number of allylic oxidation sites excluding steroid dienone is 1. The highest BCUT2D eigenvalue weighted by Gasteiger charge is 2.26. The molecule has 1 atom stereocenters. The van der Waals surface area contributed by atoms with Gasteiger partial charge in [-0.25, -0.2) is 0 Å². The van der Waals surface area contributed by atoms with Crippen molar-refractivity contribution in [3.63, 3.8) is 0 Å². The molecule has 2 aromatic carbocycles. The normalized spacial score (nSPS) is 11.8. The van der Waals surface area contributed by atoms with Crippen LogP contribution in [0.4, 0.5) is 5.69 Å². The number of carbonyl (C=O) groups is 2. The molecule has 2 amide bonds. The number of nitrogens with zero attached hydrogens (tertiary/aromatic N) is 3. The average Bonchev–Trinajstić information content (AvgIpc) is 3.20. The monoisotopic (exact) mass is 517 g/mol. The number of hydrogen-bond donors (Lipinski definition) is 2. The highest BCUT2D eigenvalue weighted by Crippen LogP contribution is 2.27. The minimum atomic E-state index is -0.379. The molecule has 0 aliphatic heterocycles. The fourth-order valence-corrected chi connectivity index (χ4v) is 4.40. The van der Waals surface area contributed by atoms with Crippen molar-refractivity contribution in [1.29, 1.82) is 0 Å².